The Kier molecular flexibility index (Phi) is 9.13. The molecule has 0 heterocycles. The van der Waals surface area contributed by atoms with Gasteiger partial charge in [-0.3, -0.25) is 0 Å². The quantitative estimate of drug-likeness (QED) is 0.138. The second-order valence-electron chi connectivity index (χ2n) is 16.8. The average Bonchev–Trinajstić information content (AvgIpc) is 3.68. The molecule has 1 aliphatic rings. The molecule has 11 aromatic rings. The Morgan fingerprint density at radius 1 is 0.281 bits per heavy atom. The minimum atomic E-state index is -0.522. The van der Waals surface area contributed by atoms with Crippen molar-refractivity contribution >= 4 is 38.6 Å². The Hall–Kier alpha value is -8.26. The summed E-state index contributed by atoms with van der Waals surface area (Å²) in [6, 6.07) is 95.9. The second kappa shape index (κ2) is 15.6. The lowest BCUT2D eigenvalue weighted by Gasteiger charge is -2.35. The Morgan fingerprint density at radius 3 is 1.41 bits per heavy atom. The average molecular weight is 814 g/mol. The highest BCUT2D eigenvalue weighted by Gasteiger charge is 2.46. The Balaban J connectivity index is 1.09. The first-order chi connectivity index (χ1) is 31.7. The van der Waals surface area contributed by atoms with E-state index in [0.29, 0.717) is 0 Å². The van der Waals surface area contributed by atoms with Crippen LogP contribution in [0.5, 0.6) is 0 Å². The third-order valence-corrected chi connectivity index (χ3v) is 13.3. The van der Waals surface area contributed by atoms with Gasteiger partial charge >= 0.3 is 0 Å². The van der Waals surface area contributed by atoms with Crippen molar-refractivity contribution in [2.24, 2.45) is 0 Å². The fraction of sp³-hybridized carbons (Fsp3) is 0.0159. The van der Waals surface area contributed by atoms with Gasteiger partial charge in [0.1, 0.15) is 0 Å². The van der Waals surface area contributed by atoms with Crippen LogP contribution in [0.25, 0.3) is 66.1 Å². The first-order valence-corrected chi connectivity index (χ1v) is 22.2. The molecule has 0 bridgehead atoms. The van der Waals surface area contributed by atoms with E-state index >= 15 is 0 Å². The molecule has 1 aliphatic carbocycles. The fourth-order valence-corrected chi connectivity index (χ4v) is 10.4. The molecule has 0 N–H and O–H groups in total. The van der Waals surface area contributed by atoms with E-state index in [-0.39, 0.29) is 0 Å². The summed E-state index contributed by atoms with van der Waals surface area (Å²) in [6.45, 7) is 0. The van der Waals surface area contributed by atoms with Crippen LogP contribution in [0.15, 0.2) is 261 Å². The Labute approximate surface area is 374 Å². The molecule has 64 heavy (non-hydrogen) atoms. The number of nitrogens with zero attached hydrogens (tertiary/aromatic N) is 1. The van der Waals surface area contributed by atoms with Crippen LogP contribution in [0.3, 0.4) is 0 Å². The largest absolute Gasteiger partial charge is 0.310 e. The van der Waals surface area contributed by atoms with Gasteiger partial charge in [0, 0.05) is 16.8 Å². The summed E-state index contributed by atoms with van der Waals surface area (Å²) in [5.41, 5.74) is 17.6. The topological polar surface area (TPSA) is 3.24 Å². The van der Waals surface area contributed by atoms with Gasteiger partial charge in [0.2, 0.25) is 0 Å². The van der Waals surface area contributed by atoms with Gasteiger partial charge in [0.25, 0.3) is 0 Å². The maximum absolute atomic E-state index is 2.48. The molecule has 11 aromatic carbocycles. The van der Waals surface area contributed by atoms with Crippen LogP contribution in [0.2, 0.25) is 0 Å². The normalized spacial score (nSPS) is 12.5. The summed E-state index contributed by atoms with van der Waals surface area (Å²) in [7, 11) is 0. The van der Waals surface area contributed by atoms with Crippen LogP contribution in [-0.2, 0) is 5.41 Å². The molecule has 0 fully saturated rings. The van der Waals surface area contributed by atoms with E-state index in [4.69, 9.17) is 0 Å². The van der Waals surface area contributed by atoms with Crippen LogP contribution < -0.4 is 4.90 Å². The molecule has 12 rings (SSSR count). The first kappa shape index (κ1) is 37.5. The molecule has 0 unspecified atom stereocenters. The van der Waals surface area contributed by atoms with E-state index in [1.807, 2.05) is 0 Å². The number of benzene rings is 11. The molecule has 1 nitrogen and oxygen atoms in total. The molecular formula is C63H43N. The summed E-state index contributed by atoms with van der Waals surface area (Å²) in [4.78, 5) is 2.48. The van der Waals surface area contributed by atoms with Gasteiger partial charge in [0.15, 0.2) is 0 Å². The van der Waals surface area contributed by atoms with Gasteiger partial charge in [-0.15, -0.1) is 0 Å². The standard InChI is InChI=1S/C63H43N/c1-5-18-44(19-6-1)49-40-50(45-20-7-2-8-21-45)42-51(41-49)46-34-36-54(37-35-46)64(61-31-17-23-48-33-32-47-22-13-14-28-56(47)62(48)61)55-38-39-58-57-29-15-16-30-59(57)63(60(58)43-55,52-24-9-3-10-25-52)53-26-11-4-12-27-53/h1-43H. The summed E-state index contributed by atoms with van der Waals surface area (Å²) in [5, 5.41) is 4.90. The lowest BCUT2D eigenvalue weighted by atomic mass is 9.67. The SMILES string of the molecule is c1ccc(-c2cc(-c3ccccc3)cc(-c3ccc(N(c4ccc5c(c4)C(c4ccccc4)(c4ccccc4)c4ccccc4-5)c4cccc5ccc6ccccc6c45)cc3)c2)cc1. The Morgan fingerprint density at radius 2 is 0.766 bits per heavy atom. The van der Waals surface area contributed by atoms with E-state index in [1.165, 1.54) is 88.3 Å². The van der Waals surface area contributed by atoms with E-state index in [9.17, 15) is 0 Å². The molecule has 0 saturated heterocycles. The monoisotopic (exact) mass is 813 g/mol. The van der Waals surface area contributed by atoms with Crippen molar-refractivity contribution in [2.45, 2.75) is 5.41 Å². The van der Waals surface area contributed by atoms with Crippen molar-refractivity contribution in [3.05, 3.63) is 283 Å². The van der Waals surface area contributed by atoms with Crippen molar-refractivity contribution in [1.29, 1.82) is 0 Å². The minimum absolute atomic E-state index is 0.522. The second-order valence-corrected chi connectivity index (χ2v) is 16.8. The third-order valence-electron chi connectivity index (χ3n) is 13.3. The highest BCUT2D eigenvalue weighted by Crippen LogP contribution is 2.57. The first-order valence-electron chi connectivity index (χ1n) is 22.2. The number of rotatable bonds is 8. The van der Waals surface area contributed by atoms with E-state index in [2.05, 4.69) is 266 Å². The zero-order chi connectivity index (χ0) is 42.5. The molecule has 1 heteroatoms. The molecule has 0 aromatic heterocycles. The minimum Gasteiger partial charge on any atom is -0.310 e. The predicted molar refractivity (Wildman–Crippen MR) is 270 cm³/mol. The fourth-order valence-electron chi connectivity index (χ4n) is 10.4. The van der Waals surface area contributed by atoms with Gasteiger partial charge in [-0.1, -0.05) is 212 Å². The van der Waals surface area contributed by atoms with Crippen molar-refractivity contribution < 1.29 is 0 Å². The Bertz CT molecular complexity index is 3370. The van der Waals surface area contributed by atoms with Gasteiger partial charge in [-0.05, 0) is 131 Å². The van der Waals surface area contributed by atoms with E-state index in [1.54, 1.807) is 0 Å². The summed E-state index contributed by atoms with van der Waals surface area (Å²) in [6.07, 6.45) is 0. The molecule has 0 spiro atoms. The van der Waals surface area contributed by atoms with Gasteiger partial charge in [0.05, 0.1) is 11.1 Å². The summed E-state index contributed by atoms with van der Waals surface area (Å²) in [5.74, 6) is 0. The molecule has 300 valence electrons. The summed E-state index contributed by atoms with van der Waals surface area (Å²) < 4.78 is 0. The lowest BCUT2D eigenvalue weighted by Crippen LogP contribution is -2.28. The number of anilines is 3. The van der Waals surface area contributed by atoms with E-state index in [0.717, 1.165) is 17.1 Å². The van der Waals surface area contributed by atoms with Crippen LogP contribution >= 0.6 is 0 Å². The number of hydrogen-bond acceptors (Lipinski definition) is 1. The van der Waals surface area contributed by atoms with Gasteiger partial charge < -0.3 is 4.90 Å². The number of hydrogen-bond donors (Lipinski definition) is 0. The highest BCUT2D eigenvalue weighted by molar-refractivity contribution is 6.15. The smallest absolute Gasteiger partial charge is 0.0714 e. The van der Waals surface area contributed by atoms with Gasteiger partial charge in [-0.2, -0.15) is 0 Å². The zero-order valence-corrected chi connectivity index (χ0v) is 35.3. The molecule has 0 amide bonds. The van der Waals surface area contributed by atoms with Gasteiger partial charge in [-0.25, -0.2) is 0 Å². The maximum Gasteiger partial charge on any atom is 0.0714 e. The van der Waals surface area contributed by atoms with Crippen molar-refractivity contribution in [3.63, 3.8) is 0 Å². The summed E-state index contributed by atoms with van der Waals surface area (Å²) >= 11 is 0. The molecule has 0 radical (unpaired) electrons. The zero-order valence-electron chi connectivity index (χ0n) is 35.3. The molecule has 0 atom stereocenters. The highest BCUT2D eigenvalue weighted by atomic mass is 15.1. The van der Waals surface area contributed by atoms with Crippen molar-refractivity contribution in [2.75, 3.05) is 4.90 Å². The van der Waals surface area contributed by atoms with Crippen LogP contribution in [0.4, 0.5) is 17.1 Å². The number of fused-ring (bicyclic) bond motifs is 6. The van der Waals surface area contributed by atoms with Crippen molar-refractivity contribution in [3.8, 4) is 44.5 Å². The van der Waals surface area contributed by atoms with Crippen LogP contribution in [0, 0.1) is 0 Å². The maximum atomic E-state index is 2.48. The van der Waals surface area contributed by atoms with Crippen LogP contribution in [-0.4, -0.2) is 0 Å². The van der Waals surface area contributed by atoms with Crippen LogP contribution in [0.1, 0.15) is 22.3 Å². The third kappa shape index (κ3) is 6.16. The molecule has 0 aliphatic heterocycles. The van der Waals surface area contributed by atoms with Crippen molar-refractivity contribution in [1.82, 2.24) is 0 Å². The lowest BCUT2D eigenvalue weighted by molar-refractivity contribution is 0.768. The van der Waals surface area contributed by atoms with E-state index < -0.39 is 5.41 Å². The predicted octanol–water partition coefficient (Wildman–Crippen LogP) is 16.8. The molecular weight excluding hydrogens is 771 g/mol. The molecule has 0 saturated carbocycles.